The van der Waals surface area contributed by atoms with E-state index in [0.29, 0.717) is 11.6 Å². The molecule has 1 saturated heterocycles. The van der Waals surface area contributed by atoms with E-state index in [1.54, 1.807) is 0 Å². The fraction of sp³-hybridized carbons (Fsp3) is 0.417. The number of hydrogen-bond donors (Lipinski definition) is 2. The summed E-state index contributed by atoms with van der Waals surface area (Å²) in [4.78, 5) is 11.9. The van der Waals surface area contributed by atoms with Crippen molar-refractivity contribution < 1.29 is 14.6 Å². The Morgan fingerprint density at radius 3 is 3.06 bits per heavy atom. The van der Waals surface area contributed by atoms with Crippen LogP contribution in [0.3, 0.4) is 0 Å². The van der Waals surface area contributed by atoms with Gasteiger partial charge in [-0.15, -0.1) is 0 Å². The summed E-state index contributed by atoms with van der Waals surface area (Å²) in [5, 5.41) is 12.5. The van der Waals surface area contributed by atoms with Gasteiger partial charge in [-0.2, -0.15) is 0 Å². The molecule has 1 aromatic rings. The molecule has 1 aliphatic heterocycles. The van der Waals surface area contributed by atoms with Gasteiger partial charge in [-0.1, -0.05) is 11.6 Å². The van der Waals surface area contributed by atoms with Crippen molar-refractivity contribution in [3.05, 3.63) is 28.8 Å². The zero-order valence-corrected chi connectivity index (χ0v) is 10.0. The van der Waals surface area contributed by atoms with E-state index in [2.05, 4.69) is 5.32 Å². The van der Waals surface area contributed by atoms with Crippen molar-refractivity contribution in [3.8, 4) is 5.75 Å². The van der Waals surface area contributed by atoms with Gasteiger partial charge in [0.15, 0.2) is 0 Å². The van der Waals surface area contributed by atoms with Crippen molar-refractivity contribution >= 4 is 17.5 Å². The Kier molecular flexibility index (Phi) is 3.86. The molecule has 2 rings (SSSR count). The van der Waals surface area contributed by atoms with E-state index >= 15 is 0 Å². The van der Waals surface area contributed by atoms with Crippen LogP contribution in [-0.2, 0) is 4.74 Å². The maximum absolute atomic E-state index is 11.9. The molecule has 0 bridgehead atoms. The van der Waals surface area contributed by atoms with Gasteiger partial charge in [0.05, 0.1) is 23.2 Å². The third-order valence-corrected chi connectivity index (χ3v) is 3.02. The minimum absolute atomic E-state index is 0.0228. The summed E-state index contributed by atoms with van der Waals surface area (Å²) in [6, 6.07) is 4.34. The largest absolute Gasteiger partial charge is 0.508 e. The quantitative estimate of drug-likeness (QED) is 0.849. The van der Waals surface area contributed by atoms with Crippen LogP contribution >= 0.6 is 11.6 Å². The van der Waals surface area contributed by atoms with Crippen LogP contribution in [0.25, 0.3) is 0 Å². The monoisotopic (exact) mass is 255 g/mol. The molecule has 1 fully saturated rings. The lowest BCUT2D eigenvalue weighted by Gasteiger charge is -2.23. The number of phenolic OH excluding ortho intramolecular Hbond substituents is 1. The Morgan fingerprint density at radius 1 is 1.53 bits per heavy atom. The second kappa shape index (κ2) is 5.38. The lowest BCUT2D eigenvalue weighted by Crippen LogP contribution is -2.40. The van der Waals surface area contributed by atoms with Crippen LogP contribution in [0.4, 0.5) is 0 Å². The number of ether oxygens (including phenoxy) is 1. The number of nitrogens with one attached hydrogen (secondary N) is 1. The smallest absolute Gasteiger partial charge is 0.253 e. The highest BCUT2D eigenvalue weighted by Gasteiger charge is 2.18. The number of halogens is 1. The molecule has 1 heterocycles. The van der Waals surface area contributed by atoms with Gasteiger partial charge in [0.25, 0.3) is 5.91 Å². The predicted octanol–water partition coefficient (Wildman–Crippen LogP) is 1.95. The van der Waals surface area contributed by atoms with Crippen LogP contribution in [0.2, 0.25) is 5.02 Å². The lowest BCUT2D eigenvalue weighted by molar-refractivity contribution is 0.0624. The van der Waals surface area contributed by atoms with Gasteiger partial charge in [0.1, 0.15) is 5.75 Å². The molecule has 1 aromatic carbocycles. The average Bonchev–Trinajstić information content (AvgIpc) is 2.33. The van der Waals surface area contributed by atoms with Crippen molar-refractivity contribution in [2.75, 3.05) is 13.2 Å². The van der Waals surface area contributed by atoms with Crippen LogP contribution in [0.5, 0.6) is 5.75 Å². The minimum atomic E-state index is -0.276. The van der Waals surface area contributed by atoms with Gasteiger partial charge in [0.2, 0.25) is 0 Å². The first-order chi connectivity index (χ1) is 8.16. The fourth-order valence-electron chi connectivity index (χ4n) is 1.80. The van der Waals surface area contributed by atoms with Crippen LogP contribution in [-0.4, -0.2) is 30.3 Å². The van der Waals surface area contributed by atoms with Crippen LogP contribution < -0.4 is 5.32 Å². The second-order valence-corrected chi connectivity index (χ2v) is 4.46. The molecular weight excluding hydrogens is 242 g/mol. The molecule has 1 amide bonds. The lowest BCUT2D eigenvalue weighted by atomic mass is 10.1. The van der Waals surface area contributed by atoms with Crippen molar-refractivity contribution in [1.82, 2.24) is 5.32 Å². The SMILES string of the molecule is O=C(NC1CCCOC1)c1cc(O)ccc1Cl. The van der Waals surface area contributed by atoms with Gasteiger partial charge in [0, 0.05) is 6.61 Å². The normalized spacial score (nSPS) is 19.9. The highest BCUT2D eigenvalue weighted by atomic mass is 35.5. The Hall–Kier alpha value is -1.26. The standard InChI is InChI=1S/C12H14ClNO3/c13-11-4-3-9(15)6-10(11)12(16)14-8-2-1-5-17-7-8/h3-4,6,8,15H,1-2,5,7H2,(H,14,16). The Bertz CT molecular complexity index is 416. The highest BCUT2D eigenvalue weighted by Crippen LogP contribution is 2.21. The third-order valence-electron chi connectivity index (χ3n) is 2.69. The predicted molar refractivity (Wildman–Crippen MR) is 64.4 cm³/mol. The average molecular weight is 256 g/mol. The number of phenols is 1. The zero-order valence-electron chi connectivity index (χ0n) is 9.28. The number of hydrogen-bond acceptors (Lipinski definition) is 3. The zero-order chi connectivity index (χ0) is 12.3. The molecule has 17 heavy (non-hydrogen) atoms. The maximum Gasteiger partial charge on any atom is 0.253 e. The Morgan fingerprint density at radius 2 is 2.35 bits per heavy atom. The summed E-state index contributed by atoms with van der Waals surface area (Å²) < 4.78 is 5.28. The molecule has 0 spiro atoms. The number of amides is 1. The molecule has 0 aliphatic carbocycles. The van der Waals surface area contributed by atoms with Crippen LogP contribution in [0, 0.1) is 0 Å². The summed E-state index contributed by atoms with van der Waals surface area (Å²) >= 11 is 5.91. The van der Waals surface area contributed by atoms with E-state index in [1.807, 2.05) is 0 Å². The molecule has 92 valence electrons. The first-order valence-electron chi connectivity index (χ1n) is 5.54. The van der Waals surface area contributed by atoms with Crippen molar-refractivity contribution in [1.29, 1.82) is 0 Å². The fourth-order valence-corrected chi connectivity index (χ4v) is 2.01. The molecule has 1 atom stereocenters. The molecular formula is C12H14ClNO3. The van der Waals surface area contributed by atoms with Crippen LogP contribution in [0.1, 0.15) is 23.2 Å². The maximum atomic E-state index is 11.9. The topological polar surface area (TPSA) is 58.6 Å². The van der Waals surface area contributed by atoms with Crippen molar-refractivity contribution in [2.24, 2.45) is 0 Å². The molecule has 0 saturated carbocycles. The number of rotatable bonds is 2. The van der Waals surface area contributed by atoms with E-state index in [0.717, 1.165) is 19.4 Å². The van der Waals surface area contributed by atoms with E-state index in [-0.39, 0.29) is 23.3 Å². The molecule has 4 nitrogen and oxygen atoms in total. The molecule has 5 heteroatoms. The molecule has 2 N–H and O–H groups in total. The van der Waals surface area contributed by atoms with Gasteiger partial charge in [-0.05, 0) is 31.0 Å². The molecule has 0 aromatic heterocycles. The highest BCUT2D eigenvalue weighted by molar-refractivity contribution is 6.33. The number of carbonyl (C=O) groups is 1. The van der Waals surface area contributed by atoms with Crippen LogP contribution in [0.15, 0.2) is 18.2 Å². The summed E-state index contributed by atoms with van der Waals surface area (Å²) in [6.45, 7) is 1.28. The summed E-state index contributed by atoms with van der Waals surface area (Å²) in [5.74, 6) is -0.249. The number of aromatic hydroxyl groups is 1. The van der Waals surface area contributed by atoms with Crippen molar-refractivity contribution in [2.45, 2.75) is 18.9 Å². The van der Waals surface area contributed by atoms with E-state index in [1.165, 1.54) is 18.2 Å². The van der Waals surface area contributed by atoms with E-state index in [4.69, 9.17) is 16.3 Å². The second-order valence-electron chi connectivity index (χ2n) is 4.05. The van der Waals surface area contributed by atoms with Gasteiger partial charge in [-0.3, -0.25) is 4.79 Å². The van der Waals surface area contributed by atoms with E-state index in [9.17, 15) is 9.90 Å². The first kappa shape index (κ1) is 12.2. The summed E-state index contributed by atoms with van der Waals surface area (Å²) in [6.07, 6.45) is 1.85. The Balaban J connectivity index is 2.05. The van der Waals surface area contributed by atoms with Gasteiger partial charge < -0.3 is 15.2 Å². The first-order valence-corrected chi connectivity index (χ1v) is 5.92. The van der Waals surface area contributed by atoms with Crippen molar-refractivity contribution in [3.63, 3.8) is 0 Å². The number of benzene rings is 1. The molecule has 1 unspecified atom stereocenters. The van der Waals surface area contributed by atoms with E-state index < -0.39 is 0 Å². The Labute approximate surface area is 105 Å². The minimum Gasteiger partial charge on any atom is -0.508 e. The third kappa shape index (κ3) is 3.11. The molecule has 0 radical (unpaired) electrons. The number of carbonyl (C=O) groups excluding carboxylic acids is 1. The molecule has 1 aliphatic rings. The van der Waals surface area contributed by atoms with Gasteiger partial charge in [-0.25, -0.2) is 0 Å². The summed E-state index contributed by atoms with van der Waals surface area (Å²) in [5.41, 5.74) is 0.289. The summed E-state index contributed by atoms with van der Waals surface area (Å²) in [7, 11) is 0. The van der Waals surface area contributed by atoms with Gasteiger partial charge >= 0.3 is 0 Å².